The van der Waals surface area contributed by atoms with Gasteiger partial charge in [0.25, 0.3) is 5.91 Å². The molecular formula is C21H27N3O3S. The van der Waals surface area contributed by atoms with Crippen LogP contribution in [-0.4, -0.2) is 43.6 Å². The quantitative estimate of drug-likeness (QED) is 0.806. The molecule has 0 radical (unpaired) electrons. The number of nitrogens with one attached hydrogen (secondary N) is 1. The monoisotopic (exact) mass is 401 g/mol. The van der Waals surface area contributed by atoms with Crippen LogP contribution in [-0.2, 0) is 22.9 Å². The van der Waals surface area contributed by atoms with Gasteiger partial charge in [-0.25, -0.2) is 8.42 Å². The molecule has 6 nitrogen and oxygen atoms in total. The highest BCUT2D eigenvalue weighted by Gasteiger charge is 2.21. The van der Waals surface area contributed by atoms with Crippen LogP contribution >= 0.6 is 0 Å². The maximum atomic E-state index is 13.1. The van der Waals surface area contributed by atoms with Crippen LogP contribution in [0.4, 0.5) is 5.69 Å². The smallest absolute Gasteiger partial charge is 0.254 e. The van der Waals surface area contributed by atoms with Gasteiger partial charge in [0.05, 0.1) is 6.26 Å². The van der Waals surface area contributed by atoms with Gasteiger partial charge in [-0.3, -0.25) is 14.5 Å². The van der Waals surface area contributed by atoms with Gasteiger partial charge in [-0.05, 0) is 74.9 Å². The zero-order valence-corrected chi connectivity index (χ0v) is 17.3. The Kier molecular flexibility index (Phi) is 6.34. The van der Waals surface area contributed by atoms with Crippen molar-refractivity contribution in [3.8, 4) is 0 Å². The topological polar surface area (TPSA) is 79.4 Å². The summed E-state index contributed by atoms with van der Waals surface area (Å²) in [4.78, 5) is 19.5. The van der Waals surface area contributed by atoms with E-state index >= 15 is 0 Å². The minimum atomic E-state index is -3.38. The van der Waals surface area contributed by atoms with E-state index in [-0.39, 0.29) is 5.91 Å². The van der Waals surface area contributed by atoms with Crippen molar-refractivity contribution in [1.82, 2.24) is 9.88 Å². The number of amides is 1. The van der Waals surface area contributed by atoms with Gasteiger partial charge >= 0.3 is 0 Å². The average molecular weight is 402 g/mol. The van der Waals surface area contributed by atoms with Crippen molar-refractivity contribution < 1.29 is 13.2 Å². The first-order chi connectivity index (χ1) is 13.3. The van der Waals surface area contributed by atoms with E-state index in [0.717, 1.165) is 55.6 Å². The molecule has 1 aliphatic rings. The number of pyridine rings is 1. The van der Waals surface area contributed by atoms with Crippen LogP contribution in [0.1, 0.15) is 46.6 Å². The lowest BCUT2D eigenvalue weighted by Crippen LogP contribution is -2.36. The molecule has 1 amide bonds. The highest BCUT2D eigenvalue weighted by molar-refractivity contribution is 7.92. The number of benzene rings is 1. The number of hydrogen-bond donors (Lipinski definition) is 1. The molecule has 3 rings (SSSR count). The first kappa shape index (κ1) is 20.3. The van der Waals surface area contributed by atoms with E-state index in [4.69, 9.17) is 0 Å². The Bertz CT molecular complexity index is 951. The first-order valence-corrected chi connectivity index (χ1v) is 11.5. The van der Waals surface area contributed by atoms with Crippen molar-refractivity contribution in [2.24, 2.45) is 0 Å². The fraction of sp³-hybridized carbons (Fsp3) is 0.429. The van der Waals surface area contributed by atoms with Crippen LogP contribution in [0.5, 0.6) is 0 Å². The minimum Gasteiger partial charge on any atom is -0.339 e. The lowest BCUT2D eigenvalue weighted by Gasteiger charge is -2.27. The highest BCUT2D eigenvalue weighted by Crippen LogP contribution is 2.22. The van der Waals surface area contributed by atoms with Crippen LogP contribution in [0.15, 0.2) is 36.4 Å². The third-order valence-electron chi connectivity index (χ3n) is 4.88. The van der Waals surface area contributed by atoms with Gasteiger partial charge in [0.15, 0.2) is 0 Å². The number of hydrogen-bond acceptors (Lipinski definition) is 4. The molecule has 0 spiro atoms. The Balaban J connectivity index is 1.87. The van der Waals surface area contributed by atoms with E-state index in [1.165, 1.54) is 0 Å². The average Bonchev–Trinajstić information content (AvgIpc) is 2.65. The summed E-state index contributed by atoms with van der Waals surface area (Å²) in [6.07, 6.45) is 5.64. The van der Waals surface area contributed by atoms with Gasteiger partial charge in [-0.15, -0.1) is 0 Å². The summed E-state index contributed by atoms with van der Waals surface area (Å²) < 4.78 is 25.7. The zero-order chi connectivity index (χ0) is 20.1. The number of carbonyl (C=O) groups excluding carboxylic acids is 1. The molecule has 0 atom stereocenters. The molecule has 7 heteroatoms. The maximum absolute atomic E-state index is 13.1. The van der Waals surface area contributed by atoms with Crippen molar-refractivity contribution >= 4 is 21.6 Å². The summed E-state index contributed by atoms with van der Waals surface area (Å²) >= 11 is 0. The Hall–Kier alpha value is -2.41. The standard InChI is InChI=1S/C21H27N3O3S/c1-16-7-6-8-18(22-16)10-9-17-15-19(23-28(2,26)27)11-12-20(17)21(25)24-13-4-3-5-14-24/h6-8,11-12,15,23H,3-5,9-10,13-14H2,1-2H3. The van der Waals surface area contributed by atoms with E-state index in [9.17, 15) is 13.2 Å². The largest absolute Gasteiger partial charge is 0.339 e. The molecule has 1 N–H and O–H groups in total. The van der Waals surface area contributed by atoms with Gasteiger partial charge in [-0.1, -0.05) is 6.07 Å². The van der Waals surface area contributed by atoms with E-state index in [1.807, 2.05) is 30.0 Å². The molecule has 28 heavy (non-hydrogen) atoms. The maximum Gasteiger partial charge on any atom is 0.254 e. The number of sulfonamides is 1. The molecule has 0 bridgehead atoms. The van der Waals surface area contributed by atoms with Crippen LogP contribution in [0.2, 0.25) is 0 Å². The van der Waals surface area contributed by atoms with E-state index in [2.05, 4.69) is 9.71 Å². The van der Waals surface area contributed by atoms with E-state index in [1.54, 1.807) is 18.2 Å². The van der Waals surface area contributed by atoms with E-state index in [0.29, 0.717) is 24.1 Å². The van der Waals surface area contributed by atoms with Crippen molar-refractivity contribution in [3.05, 3.63) is 58.9 Å². The second-order valence-electron chi connectivity index (χ2n) is 7.37. The number of likely N-dealkylation sites (tertiary alicyclic amines) is 1. The summed E-state index contributed by atoms with van der Waals surface area (Å²) in [6.45, 7) is 3.51. The molecule has 2 heterocycles. The molecule has 0 unspecified atom stereocenters. The Labute approximate surface area is 167 Å². The van der Waals surface area contributed by atoms with Crippen molar-refractivity contribution in [2.45, 2.75) is 39.0 Å². The molecule has 1 saturated heterocycles. The van der Waals surface area contributed by atoms with Crippen LogP contribution in [0, 0.1) is 6.92 Å². The molecule has 0 aliphatic carbocycles. The molecular weight excluding hydrogens is 374 g/mol. The number of anilines is 1. The van der Waals surface area contributed by atoms with Crippen LogP contribution in [0.3, 0.4) is 0 Å². The zero-order valence-electron chi connectivity index (χ0n) is 16.4. The summed E-state index contributed by atoms with van der Waals surface area (Å²) in [7, 11) is -3.38. The number of aryl methyl sites for hydroxylation is 3. The number of carbonyl (C=O) groups is 1. The van der Waals surface area contributed by atoms with Gasteiger partial charge in [0.2, 0.25) is 10.0 Å². The SMILES string of the molecule is Cc1cccc(CCc2cc(NS(C)(=O)=O)ccc2C(=O)N2CCCCC2)n1. The summed E-state index contributed by atoms with van der Waals surface area (Å²) in [6, 6.07) is 11.1. The highest BCUT2D eigenvalue weighted by atomic mass is 32.2. The fourth-order valence-electron chi connectivity index (χ4n) is 3.56. The van der Waals surface area contributed by atoms with Gasteiger partial charge in [0, 0.05) is 35.7 Å². The third kappa shape index (κ3) is 5.55. The summed E-state index contributed by atoms with van der Waals surface area (Å²) in [5.41, 5.74) is 3.87. The minimum absolute atomic E-state index is 0.0257. The molecule has 1 aromatic carbocycles. The molecule has 2 aromatic rings. The number of rotatable bonds is 6. The van der Waals surface area contributed by atoms with Gasteiger partial charge < -0.3 is 4.90 Å². The van der Waals surface area contributed by atoms with Crippen molar-refractivity contribution in [2.75, 3.05) is 24.1 Å². The summed E-state index contributed by atoms with van der Waals surface area (Å²) in [5.74, 6) is 0.0257. The van der Waals surface area contributed by atoms with Crippen LogP contribution < -0.4 is 4.72 Å². The Morgan fingerprint density at radius 3 is 2.54 bits per heavy atom. The van der Waals surface area contributed by atoms with Crippen molar-refractivity contribution in [3.63, 3.8) is 0 Å². The summed E-state index contributed by atoms with van der Waals surface area (Å²) in [5, 5.41) is 0. The molecule has 150 valence electrons. The first-order valence-electron chi connectivity index (χ1n) is 9.64. The second kappa shape index (κ2) is 8.73. The Morgan fingerprint density at radius 1 is 1.11 bits per heavy atom. The van der Waals surface area contributed by atoms with Crippen molar-refractivity contribution in [1.29, 1.82) is 0 Å². The predicted molar refractivity (Wildman–Crippen MR) is 111 cm³/mol. The number of piperidine rings is 1. The normalized spacial score (nSPS) is 14.7. The van der Waals surface area contributed by atoms with Gasteiger partial charge in [-0.2, -0.15) is 0 Å². The van der Waals surface area contributed by atoms with E-state index < -0.39 is 10.0 Å². The number of aromatic nitrogens is 1. The molecule has 0 saturated carbocycles. The molecule has 1 aliphatic heterocycles. The van der Waals surface area contributed by atoms with Crippen LogP contribution in [0.25, 0.3) is 0 Å². The predicted octanol–water partition coefficient (Wildman–Crippen LogP) is 3.17. The second-order valence-corrected chi connectivity index (χ2v) is 9.12. The third-order valence-corrected chi connectivity index (χ3v) is 5.49. The number of nitrogens with zero attached hydrogens (tertiary/aromatic N) is 2. The fourth-order valence-corrected chi connectivity index (χ4v) is 4.11. The molecule has 1 aromatic heterocycles. The molecule has 1 fully saturated rings. The lowest BCUT2D eigenvalue weighted by atomic mass is 9.99. The van der Waals surface area contributed by atoms with Gasteiger partial charge in [0.1, 0.15) is 0 Å². The lowest BCUT2D eigenvalue weighted by molar-refractivity contribution is 0.0723. The Morgan fingerprint density at radius 2 is 1.86 bits per heavy atom.